The largest absolute Gasteiger partial charge is 0.361 e. The summed E-state index contributed by atoms with van der Waals surface area (Å²) in [6.07, 6.45) is 10.3. The van der Waals surface area contributed by atoms with Gasteiger partial charge >= 0.3 is 0 Å². The number of fused-ring (bicyclic) bond motifs is 1. The number of hydrogen-bond acceptors (Lipinski definition) is 6. The van der Waals surface area contributed by atoms with E-state index in [2.05, 4.69) is 58.7 Å². The van der Waals surface area contributed by atoms with Crippen LogP contribution in [0.1, 0.15) is 34.5 Å². The Kier molecular flexibility index (Phi) is 7.88. The number of nitrogens with one attached hydrogen (secondary N) is 3. The van der Waals surface area contributed by atoms with Gasteiger partial charge in [-0.15, -0.1) is 0 Å². The first-order valence-corrected chi connectivity index (χ1v) is 11.8. The van der Waals surface area contributed by atoms with E-state index in [1.165, 1.54) is 0 Å². The third-order valence-electron chi connectivity index (χ3n) is 5.89. The molecule has 1 aromatic carbocycles. The van der Waals surface area contributed by atoms with Gasteiger partial charge in [0.05, 0.1) is 22.6 Å². The number of aryl methyl sites for hydroxylation is 1. The summed E-state index contributed by atoms with van der Waals surface area (Å²) in [4.78, 5) is 14.4. The van der Waals surface area contributed by atoms with Crippen molar-refractivity contribution in [3.05, 3.63) is 83.1 Å². The maximum atomic E-state index is 9.72. The van der Waals surface area contributed by atoms with Crippen molar-refractivity contribution in [2.45, 2.75) is 19.9 Å². The normalized spacial score (nSPS) is 11.4. The van der Waals surface area contributed by atoms with E-state index in [4.69, 9.17) is 4.98 Å². The Morgan fingerprint density at radius 2 is 2.00 bits per heavy atom. The molecular weight excluding hydrogens is 434 g/mol. The summed E-state index contributed by atoms with van der Waals surface area (Å²) in [7, 11) is 4.17. The van der Waals surface area contributed by atoms with E-state index in [9.17, 15) is 5.26 Å². The Morgan fingerprint density at radius 1 is 1.11 bits per heavy atom. The molecule has 0 fully saturated rings. The SMILES string of the molecule is Cc1c(Nc2c(C#N)cncc2/C=C/c2cccc(CNCCCN(C)C)n2)ccc2[nH]ccc12. The molecule has 0 unspecified atom stereocenters. The third kappa shape index (κ3) is 6.12. The molecule has 4 aromatic rings. The van der Waals surface area contributed by atoms with E-state index in [1.807, 2.05) is 48.7 Å². The van der Waals surface area contributed by atoms with Crippen molar-refractivity contribution in [2.24, 2.45) is 0 Å². The summed E-state index contributed by atoms with van der Waals surface area (Å²) < 4.78 is 0. The molecule has 0 radical (unpaired) electrons. The van der Waals surface area contributed by atoms with Crippen LogP contribution >= 0.6 is 0 Å². The minimum atomic E-state index is 0.490. The van der Waals surface area contributed by atoms with Gasteiger partial charge in [-0.25, -0.2) is 0 Å². The molecule has 35 heavy (non-hydrogen) atoms. The number of hydrogen-bond donors (Lipinski definition) is 3. The summed E-state index contributed by atoms with van der Waals surface area (Å²) in [5.74, 6) is 0. The van der Waals surface area contributed by atoms with Crippen molar-refractivity contribution in [1.29, 1.82) is 5.26 Å². The molecule has 0 amide bonds. The highest BCUT2D eigenvalue weighted by Crippen LogP contribution is 2.31. The molecule has 0 atom stereocenters. The number of nitriles is 1. The van der Waals surface area contributed by atoms with Crippen LogP contribution in [0.15, 0.2) is 55.0 Å². The molecule has 178 valence electrons. The predicted octanol–water partition coefficient (Wildman–Crippen LogP) is 5.09. The zero-order valence-electron chi connectivity index (χ0n) is 20.5. The van der Waals surface area contributed by atoms with Crippen molar-refractivity contribution in [3.8, 4) is 6.07 Å². The number of anilines is 2. The predicted molar refractivity (Wildman–Crippen MR) is 143 cm³/mol. The molecule has 7 heteroatoms. The number of nitrogens with zero attached hydrogens (tertiary/aromatic N) is 4. The molecule has 3 aromatic heterocycles. The van der Waals surface area contributed by atoms with Gasteiger partial charge in [0, 0.05) is 47.3 Å². The molecule has 0 spiro atoms. The van der Waals surface area contributed by atoms with Gasteiger partial charge < -0.3 is 20.5 Å². The number of rotatable bonds is 10. The Morgan fingerprint density at radius 3 is 2.83 bits per heavy atom. The van der Waals surface area contributed by atoms with Gasteiger partial charge in [0.2, 0.25) is 0 Å². The second kappa shape index (κ2) is 11.4. The first-order chi connectivity index (χ1) is 17.0. The maximum Gasteiger partial charge on any atom is 0.103 e. The Hall–Kier alpha value is -3.99. The molecule has 0 aliphatic rings. The number of H-pyrrole nitrogens is 1. The summed E-state index contributed by atoms with van der Waals surface area (Å²) >= 11 is 0. The van der Waals surface area contributed by atoms with E-state index in [0.29, 0.717) is 5.56 Å². The van der Waals surface area contributed by atoms with E-state index < -0.39 is 0 Å². The van der Waals surface area contributed by atoms with Gasteiger partial charge in [-0.1, -0.05) is 6.07 Å². The standard InChI is InChI=1S/C28H31N7/c1-20-25-12-14-32-27(25)11-10-26(20)34-28-21(17-31-18-22(28)16-29)8-9-23-6-4-7-24(33-23)19-30-13-5-15-35(2)3/h4,6-12,14,17-18,30,32H,5,13,15,19H2,1-3H3,(H,31,34)/b9-8+. The fourth-order valence-corrected chi connectivity index (χ4v) is 3.98. The van der Waals surface area contributed by atoms with Crippen molar-refractivity contribution < 1.29 is 0 Å². The number of aromatic nitrogens is 3. The van der Waals surface area contributed by atoms with Crippen LogP contribution in [0.4, 0.5) is 11.4 Å². The molecule has 4 rings (SSSR count). The van der Waals surface area contributed by atoms with Crippen molar-refractivity contribution in [2.75, 3.05) is 32.5 Å². The van der Waals surface area contributed by atoms with E-state index >= 15 is 0 Å². The highest BCUT2D eigenvalue weighted by Gasteiger charge is 2.11. The first-order valence-electron chi connectivity index (χ1n) is 11.8. The summed E-state index contributed by atoms with van der Waals surface area (Å²) in [5.41, 5.74) is 7.06. The van der Waals surface area contributed by atoms with Crippen molar-refractivity contribution >= 4 is 34.4 Å². The lowest BCUT2D eigenvalue weighted by Gasteiger charge is -2.14. The van der Waals surface area contributed by atoms with Crippen LogP contribution in [0.5, 0.6) is 0 Å². The summed E-state index contributed by atoms with van der Waals surface area (Å²) in [5, 5.41) is 17.8. The zero-order chi connectivity index (χ0) is 24.6. The molecule has 0 saturated heterocycles. The lowest BCUT2D eigenvalue weighted by molar-refractivity contribution is 0.394. The lowest BCUT2D eigenvalue weighted by atomic mass is 10.1. The number of pyridine rings is 2. The average molecular weight is 466 g/mol. The third-order valence-corrected chi connectivity index (χ3v) is 5.89. The molecule has 3 N–H and O–H groups in total. The van der Waals surface area contributed by atoms with Gasteiger partial charge in [-0.2, -0.15) is 5.26 Å². The summed E-state index contributed by atoms with van der Waals surface area (Å²) in [6.45, 7) is 4.82. The van der Waals surface area contributed by atoms with Crippen LogP contribution in [0.2, 0.25) is 0 Å². The number of aromatic amines is 1. The Bertz CT molecular complexity index is 1360. The fraction of sp³-hybridized carbons (Fsp3) is 0.250. The lowest BCUT2D eigenvalue weighted by Crippen LogP contribution is -2.21. The van der Waals surface area contributed by atoms with Crippen molar-refractivity contribution in [3.63, 3.8) is 0 Å². The van der Waals surface area contributed by atoms with E-state index in [0.717, 1.165) is 70.8 Å². The minimum Gasteiger partial charge on any atom is -0.361 e. The van der Waals surface area contributed by atoms with Gasteiger partial charge in [0.15, 0.2) is 0 Å². The Labute approximate surface area is 206 Å². The topological polar surface area (TPSA) is 92.7 Å². The van der Waals surface area contributed by atoms with Crippen LogP contribution < -0.4 is 10.6 Å². The minimum absolute atomic E-state index is 0.490. The quantitative estimate of drug-likeness (QED) is 0.282. The average Bonchev–Trinajstić information content (AvgIpc) is 3.34. The van der Waals surface area contributed by atoms with Crippen LogP contribution in [-0.4, -0.2) is 47.0 Å². The molecule has 0 saturated carbocycles. The fourth-order valence-electron chi connectivity index (χ4n) is 3.98. The summed E-state index contributed by atoms with van der Waals surface area (Å²) in [6, 6.07) is 14.4. The van der Waals surface area contributed by atoms with Gasteiger partial charge in [-0.3, -0.25) is 9.97 Å². The van der Waals surface area contributed by atoms with Crippen LogP contribution in [0.3, 0.4) is 0 Å². The molecule has 7 nitrogen and oxygen atoms in total. The Balaban J connectivity index is 1.52. The molecule has 0 aliphatic heterocycles. The first kappa shape index (κ1) is 24.1. The molecule has 3 heterocycles. The van der Waals surface area contributed by atoms with Gasteiger partial charge in [-0.05, 0) is 88.6 Å². The zero-order valence-corrected chi connectivity index (χ0v) is 20.5. The second-order valence-corrected chi connectivity index (χ2v) is 8.79. The van der Waals surface area contributed by atoms with Gasteiger partial charge in [0.25, 0.3) is 0 Å². The van der Waals surface area contributed by atoms with E-state index in [-0.39, 0.29) is 0 Å². The van der Waals surface area contributed by atoms with Crippen LogP contribution in [0, 0.1) is 18.3 Å². The van der Waals surface area contributed by atoms with Gasteiger partial charge in [0.1, 0.15) is 6.07 Å². The van der Waals surface area contributed by atoms with Crippen molar-refractivity contribution in [1.82, 2.24) is 25.2 Å². The smallest absolute Gasteiger partial charge is 0.103 e. The molecular formula is C28H31N7. The second-order valence-electron chi connectivity index (χ2n) is 8.79. The van der Waals surface area contributed by atoms with E-state index in [1.54, 1.807) is 12.4 Å². The molecule has 0 aliphatic carbocycles. The maximum absolute atomic E-state index is 9.72. The highest BCUT2D eigenvalue weighted by molar-refractivity contribution is 5.90. The van der Waals surface area contributed by atoms with Crippen LogP contribution in [0.25, 0.3) is 23.1 Å². The van der Waals surface area contributed by atoms with Crippen LogP contribution in [-0.2, 0) is 6.54 Å². The number of benzene rings is 1. The highest BCUT2D eigenvalue weighted by atomic mass is 15.1. The monoisotopic (exact) mass is 465 g/mol. The molecule has 0 bridgehead atoms.